The van der Waals surface area contributed by atoms with E-state index in [2.05, 4.69) is 35.6 Å². The number of anilines is 2. The summed E-state index contributed by atoms with van der Waals surface area (Å²) in [6, 6.07) is 6.95. The minimum absolute atomic E-state index is 0.377. The molecule has 2 rings (SSSR count). The Morgan fingerprint density at radius 2 is 2.15 bits per heavy atom. The number of halogens is 2. The monoisotopic (exact) mass is 374 g/mol. The molecular weight excluding hydrogens is 364 g/mol. The lowest BCUT2D eigenvalue weighted by Crippen LogP contribution is -1.96. The molecule has 0 aliphatic rings. The van der Waals surface area contributed by atoms with Crippen molar-refractivity contribution in [3.05, 3.63) is 40.1 Å². The van der Waals surface area contributed by atoms with E-state index in [9.17, 15) is 4.21 Å². The van der Waals surface area contributed by atoms with Crippen LogP contribution < -0.4 is 5.32 Å². The Morgan fingerprint density at radius 3 is 2.85 bits per heavy atom. The molecule has 20 heavy (non-hydrogen) atoms. The zero-order valence-corrected chi connectivity index (χ0v) is 14.0. The van der Waals surface area contributed by atoms with E-state index in [0.717, 1.165) is 10.2 Å². The second kappa shape index (κ2) is 6.07. The molecule has 0 bridgehead atoms. The number of rotatable bonds is 3. The fourth-order valence-electron chi connectivity index (χ4n) is 1.42. The Hall–Kier alpha value is -1.18. The van der Waals surface area contributed by atoms with Crippen LogP contribution in [0.5, 0.6) is 0 Å². The molecule has 0 fully saturated rings. The molecule has 0 aliphatic carbocycles. The predicted molar refractivity (Wildman–Crippen MR) is 86.5 cm³/mol. The summed E-state index contributed by atoms with van der Waals surface area (Å²) >= 11 is 9.23. The van der Waals surface area contributed by atoms with Gasteiger partial charge in [-0.25, -0.2) is 14.2 Å². The third-order valence-electron chi connectivity index (χ3n) is 2.13. The van der Waals surface area contributed by atoms with Gasteiger partial charge in [0.2, 0.25) is 0 Å². The minimum atomic E-state index is -2.24. The summed E-state index contributed by atoms with van der Waals surface area (Å²) in [5, 5.41) is 3.48. The van der Waals surface area contributed by atoms with E-state index in [1.54, 1.807) is 43.0 Å². The van der Waals surface area contributed by atoms with Gasteiger partial charge in [-0.2, -0.15) is 4.36 Å². The highest BCUT2D eigenvalue weighted by molar-refractivity contribution is 9.10. The third kappa shape index (κ3) is 4.43. The molecule has 0 atom stereocenters. The Labute approximate surface area is 131 Å². The fraction of sp³-hybridized carbons (Fsp3) is 0.167. The number of pyridine rings is 2. The van der Waals surface area contributed by atoms with Crippen molar-refractivity contribution in [2.75, 3.05) is 17.8 Å². The summed E-state index contributed by atoms with van der Waals surface area (Å²) in [6.45, 7) is 0. The van der Waals surface area contributed by atoms with E-state index < -0.39 is 9.73 Å². The first kappa shape index (κ1) is 15.2. The molecule has 0 aliphatic heterocycles. The van der Waals surface area contributed by atoms with E-state index >= 15 is 0 Å². The average Bonchev–Trinajstić information content (AvgIpc) is 2.32. The largest absolute Gasteiger partial charge is 0.339 e. The molecule has 0 saturated carbocycles. The topological polar surface area (TPSA) is 67.2 Å². The van der Waals surface area contributed by atoms with Crippen molar-refractivity contribution in [3.63, 3.8) is 0 Å². The Bertz CT molecular complexity index is 751. The lowest BCUT2D eigenvalue weighted by atomic mass is 10.4. The van der Waals surface area contributed by atoms with Gasteiger partial charge in [-0.15, -0.1) is 0 Å². The van der Waals surface area contributed by atoms with E-state index in [-0.39, 0.29) is 0 Å². The van der Waals surface area contributed by atoms with E-state index in [4.69, 9.17) is 11.6 Å². The molecule has 0 spiro atoms. The highest BCUT2D eigenvalue weighted by Gasteiger charge is 2.04. The van der Waals surface area contributed by atoms with Gasteiger partial charge in [0.05, 0.1) is 10.2 Å². The van der Waals surface area contributed by atoms with E-state index in [1.807, 2.05) is 0 Å². The van der Waals surface area contributed by atoms with Crippen molar-refractivity contribution < 1.29 is 4.21 Å². The summed E-state index contributed by atoms with van der Waals surface area (Å²) in [6.07, 6.45) is 4.73. The van der Waals surface area contributed by atoms with Gasteiger partial charge < -0.3 is 5.32 Å². The third-order valence-corrected chi connectivity index (χ3v) is 3.60. The summed E-state index contributed by atoms with van der Waals surface area (Å²) in [4.78, 5) is 8.23. The van der Waals surface area contributed by atoms with Crippen LogP contribution in [0.3, 0.4) is 0 Å². The summed E-state index contributed by atoms with van der Waals surface area (Å²) in [7, 11) is -2.24. The van der Waals surface area contributed by atoms with Gasteiger partial charge in [0.1, 0.15) is 11.0 Å². The van der Waals surface area contributed by atoms with Crippen molar-refractivity contribution in [1.29, 1.82) is 0 Å². The zero-order valence-electron chi connectivity index (χ0n) is 10.8. The van der Waals surface area contributed by atoms with Crippen LogP contribution in [0.25, 0.3) is 0 Å². The molecule has 5 nitrogen and oxygen atoms in total. The van der Waals surface area contributed by atoms with Gasteiger partial charge in [0.15, 0.2) is 5.82 Å². The first-order valence-electron chi connectivity index (χ1n) is 5.56. The highest BCUT2D eigenvalue weighted by Crippen LogP contribution is 2.27. The Balaban J connectivity index is 2.33. The van der Waals surface area contributed by atoms with E-state index in [1.165, 1.54) is 0 Å². The zero-order chi connectivity index (χ0) is 14.8. The normalized spacial score (nSPS) is 11.2. The molecule has 0 amide bonds. The van der Waals surface area contributed by atoms with Gasteiger partial charge in [-0.1, -0.05) is 17.7 Å². The first-order chi connectivity index (χ1) is 9.33. The number of nitrogens with zero attached hydrogens (tertiary/aromatic N) is 3. The van der Waals surface area contributed by atoms with Crippen LogP contribution in [0.1, 0.15) is 0 Å². The minimum Gasteiger partial charge on any atom is -0.339 e. The second-order valence-electron chi connectivity index (χ2n) is 4.27. The van der Waals surface area contributed by atoms with Crippen LogP contribution in [0.2, 0.25) is 5.15 Å². The maximum Gasteiger partial charge on any atom is 0.163 e. The van der Waals surface area contributed by atoms with Crippen molar-refractivity contribution in [3.8, 4) is 0 Å². The van der Waals surface area contributed by atoms with Gasteiger partial charge in [0.25, 0.3) is 0 Å². The van der Waals surface area contributed by atoms with Crippen LogP contribution in [-0.4, -0.2) is 26.7 Å². The summed E-state index contributed by atoms with van der Waals surface area (Å²) in [5.41, 5.74) is 0.739. The molecule has 0 radical (unpaired) electrons. The van der Waals surface area contributed by atoms with Crippen LogP contribution in [0.15, 0.2) is 39.3 Å². The van der Waals surface area contributed by atoms with Gasteiger partial charge in [-0.05, 0) is 28.1 Å². The van der Waals surface area contributed by atoms with E-state index in [0.29, 0.717) is 16.8 Å². The van der Waals surface area contributed by atoms with Gasteiger partial charge in [-0.3, -0.25) is 0 Å². The average molecular weight is 376 g/mol. The van der Waals surface area contributed by atoms with Crippen molar-refractivity contribution in [1.82, 2.24) is 9.97 Å². The molecule has 2 aromatic rings. The van der Waals surface area contributed by atoms with Crippen molar-refractivity contribution in [2.45, 2.75) is 0 Å². The second-order valence-corrected chi connectivity index (χ2v) is 8.05. The Kier molecular flexibility index (Phi) is 4.62. The molecule has 0 aromatic carbocycles. The van der Waals surface area contributed by atoms with Gasteiger partial charge in [0, 0.05) is 34.5 Å². The number of hydrogen-bond acceptors (Lipinski definition) is 5. The van der Waals surface area contributed by atoms with Crippen LogP contribution in [-0.2, 0) is 9.73 Å². The Morgan fingerprint density at radius 1 is 1.40 bits per heavy atom. The van der Waals surface area contributed by atoms with Crippen LogP contribution in [0.4, 0.5) is 17.3 Å². The number of aromatic nitrogens is 2. The van der Waals surface area contributed by atoms with Gasteiger partial charge >= 0.3 is 0 Å². The SMILES string of the molecule is CS(C)(=O)=Nc1cccc(Nc2cc(Cl)ncc2Br)n1. The number of hydrogen-bond donors (Lipinski definition) is 1. The molecule has 0 unspecified atom stereocenters. The fourth-order valence-corrected chi connectivity index (χ4v) is 2.44. The molecular formula is C12H12BrClN4OS. The van der Waals surface area contributed by atoms with Crippen LogP contribution in [0, 0.1) is 0 Å². The van der Waals surface area contributed by atoms with Crippen molar-refractivity contribution >= 4 is 54.6 Å². The maximum absolute atomic E-state index is 11.7. The molecule has 8 heteroatoms. The first-order valence-corrected chi connectivity index (χ1v) is 9.06. The molecule has 1 N–H and O–H groups in total. The molecule has 0 saturated heterocycles. The smallest absolute Gasteiger partial charge is 0.163 e. The quantitative estimate of drug-likeness (QED) is 0.824. The standard InChI is InChI=1S/C12H12BrClN4OS/c1-20(2,19)18-12-5-3-4-11(17-12)16-9-6-10(14)15-7-8(9)13/h3-7H,1-2H3,(H,15,16,17). The van der Waals surface area contributed by atoms with Crippen molar-refractivity contribution in [2.24, 2.45) is 4.36 Å². The lowest BCUT2D eigenvalue weighted by Gasteiger charge is -2.08. The molecule has 2 heterocycles. The lowest BCUT2D eigenvalue weighted by molar-refractivity contribution is 0.684. The predicted octanol–water partition coefficient (Wildman–Crippen LogP) is 4.00. The maximum atomic E-state index is 11.7. The van der Waals surface area contributed by atoms with Crippen LogP contribution >= 0.6 is 27.5 Å². The highest BCUT2D eigenvalue weighted by atomic mass is 79.9. The number of nitrogens with one attached hydrogen (secondary N) is 1. The molecule has 2 aromatic heterocycles. The molecule has 106 valence electrons. The summed E-state index contributed by atoms with van der Waals surface area (Å²) in [5.74, 6) is 0.999. The summed E-state index contributed by atoms with van der Waals surface area (Å²) < 4.78 is 16.5.